The van der Waals surface area contributed by atoms with Crippen LogP contribution >= 0.6 is 11.3 Å². The predicted molar refractivity (Wildman–Crippen MR) is 79.2 cm³/mol. The van der Waals surface area contributed by atoms with E-state index in [-0.39, 0.29) is 18.9 Å². The van der Waals surface area contributed by atoms with Crippen LogP contribution in [0, 0.1) is 0 Å². The van der Waals surface area contributed by atoms with Crippen LogP contribution in [0.4, 0.5) is 0 Å². The molecule has 1 aromatic rings. The zero-order valence-corrected chi connectivity index (χ0v) is 13.0. The number of sulfonamides is 1. The SMILES string of the molecule is O=C1CCN(S(=O)(=O)c2cccs2)CCCCCCN1. The molecular weight excluding hydrogens is 296 g/mol. The van der Waals surface area contributed by atoms with Crippen molar-refractivity contribution in [3.05, 3.63) is 17.5 Å². The molecule has 0 unspecified atom stereocenters. The largest absolute Gasteiger partial charge is 0.356 e. The summed E-state index contributed by atoms with van der Waals surface area (Å²) in [6, 6.07) is 3.35. The van der Waals surface area contributed by atoms with E-state index in [1.54, 1.807) is 17.5 Å². The summed E-state index contributed by atoms with van der Waals surface area (Å²) in [6.45, 7) is 1.44. The summed E-state index contributed by atoms with van der Waals surface area (Å²) in [5.41, 5.74) is 0. The van der Waals surface area contributed by atoms with Gasteiger partial charge in [0.2, 0.25) is 5.91 Å². The Kier molecular flexibility index (Phi) is 5.56. The maximum absolute atomic E-state index is 12.5. The molecule has 0 aliphatic carbocycles. The van der Waals surface area contributed by atoms with Crippen LogP contribution in [0.25, 0.3) is 0 Å². The standard InChI is InChI=1S/C13H20N2O3S2/c16-12-7-10-15(9-4-2-1-3-8-14-12)20(17,18)13-6-5-11-19-13/h5-6,11H,1-4,7-10H2,(H,14,16). The van der Waals surface area contributed by atoms with Gasteiger partial charge in [-0.2, -0.15) is 4.31 Å². The molecule has 0 radical (unpaired) electrons. The third kappa shape index (κ3) is 4.04. The lowest BCUT2D eigenvalue weighted by Crippen LogP contribution is -2.35. The number of carbonyl (C=O) groups is 1. The molecule has 1 aliphatic rings. The van der Waals surface area contributed by atoms with Gasteiger partial charge in [-0.05, 0) is 24.3 Å². The van der Waals surface area contributed by atoms with E-state index in [0.29, 0.717) is 17.3 Å². The average molecular weight is 316 g/mol. The fraction of sp³-hybridized carbons (Fsp3) is 0.615. The van der Waals surface area contributed by atoms with E-state index in [2.05, 4.69) is 5.32 Å². The molecule has 1 amide bonds. The van der Waals surface area contributed by atoms with Gasteiger partial charge in [0.25, 0.3) is 10.0 Å². The van der Waals surface area contributed by atoms with Crippen LogP contribution < -0.4 is 5.32 Å². The Morgan fingerprint density at radius 1 is 1.15 bits per heavy atom. The van der Waals surface area contributed by atoms with Crippen LogP contribution in [-0.2, 0) is 14.8 Å². The summed E-state index contributed by atoms with van der Waals surface area (Å²) >= 11 is 1.22. The second-order valence-electron chi connectivity index (χ2n) is 4.85. The van der Waals surface area contributed by atoms with E-state index >= 15 is 0 Å². The van der Waals surface area contributed by atoms with E-state index in [1.807, 2.05) is 0 Å². The number of thiophene rings is 1. The van der Waals surface area contributed by atoms with Crippen LogP contribution in [-0.4, -0.2) is 38.3 Å². The first-order valence-corrected chi connectivity index (χ1v) is 9.23. The summed E-state index contributed by atoms with van der Waals surface area (Å²) < 4.78 is 26.8. The monoisotopic (exact) mass is 316 g/mol. The molecule has 1 N–H and O–H groups in total. The van der Waals surface area contributed by atoms with Crippen molar-refractivity contribution in [2.45, 2.75) is 36.3 Å². The molecule has 2 rings (SSSR count). The second kappa shape index (κ2) is 7.19. The van der Waals surface area contributed by atoms with Crippen molar-refractivity contribution < 1.29 is 13.2 Å². The summed E-state index contributed by atoms with van der Waals surface area (Å²) in [6.07, 6.45) is 4.05. The van der Waals surface area contributed by atoms with Crippen LogP contribution in [0.5, 0.6) is 0 Å². The topological polar surface area (TPSA) is 66.5 Å². The number of carbonyl (C=O) groups excluding carboxylic acids is 1. The third-order valence-electron chi connectivity index (χ3n) is 3.33. The predicted octanol–water partition coefficient (Wildman–Crippen LogP) is 1.82. The number of hydrogen-bond acceptors (Lipinski definition) is 4. The number of nitrogens with zero attached hydrogens (tertiary/aromatic N) is 1. The van der Waals surface area contributed by atoms with Gasteiger partial charge < -0.3 is 5.32 Å². The maximum Gasteiger partial charge on any atom is 0.252 e. The normalized spacial score (nSPS) is 20.1. The minimum absolute atomic E-state index is 0.0710. The highest BCUT2D eigenvalue weighted by molar-refractivity contribution is 7.91. The van der Waals surface area contributed by atoms with Gasteiger partial charge in [0.1, 0.15) is 4.21 Å². The Bertz CT molecular complexity index is 526. The van der Waals surface area contributed by atoms with Gasteiger partial charge in [0.05, 0.1) is 0 Å². The minimum Gasteiger partial charge on any atom is -0.356 e. The molecule has 0 aromatic carbocycles. The fourth-order valence-corrected chi connectivity index (χ4v) is 4.82. The molecular formula is C13H20N2O3S2. The minimum atomic E-state index is -3.45. The molecule has 0 saturated carbocycles. The maximum atomic E-state index is 12.5. The molecule has 1 aliphatic heterocycles. The Hall–Kier alpha value is -0.920. The Balaban J connectivity index is 2.11. The van der Waals surface area contributed by atoms with Gasteiger partial charge in [-0.15, -0.1) is 11.3 Å². The smallest absolute Gasteiger partial charge is 0.252 e. The number of hydrogen-bond donors (Lipinski definition) is 1. The van der Waals surface area contributed by atoms with E-state index < -0.39 is 10.0 Å². The summed E-state index contributed by atoms with van der Waals surface area (Å²) in [5, 5.41) is 4.58. The summed E-state index contributed by atoms with van der Waals surface area (Å²) in [4.78, 5) is 11.6. The van der Waals surface area contributed by atoms with Gasteiger partial charge >= 0.3 is 0 Å². The fourth-order valence-electron chi connectivity index (χ4n) is 2.20. The highest BCUT2D eigenvalue weighted by atomic mass is 32.2. The molecule has 5 nitrogen and oxygen atoms in total. The molecule has 1 fully saturated rings. The lowest BCUT2D eigenvalue weighted by atomic mass is 10.2. The molecule has 20 heavy (non-hydrogen) atoms. The molecule has 1 aromatic heterocycles. The van der Waals surface area contributed by atoms with Crippen molar-refractivity contribution in [1.82, 2.24) is 9.62 Å². The van der Waals surface area contributed by atoms with Crippen molar-refractivity contribution in [1.29, 1.82) is 0 Å². The van der Waals surface area contributed by atoms with Gasteiger partial charge in [-0.1, -0.05) is 18.9 Å². The number of amides is 1. The average Bonchev–Trinajstić information content (AvgIpc) is 2.93. The third-order valence-corrected chi connectivity index (χ3v) is 6.61. The van der Waals surface area contributed by atoms with Crippen molar-refractivity contribution in [3.63, 3.8) is 0 Å². The van der Waals surface area contributed by atoms with Crippen LogP contribution in [0.1, 0.15) is 32.1 Å². The quantitative estimate of drug-likeness (QED) is 0.905. The molecule has 112 valence electrons. The molecule has 0 atom stereocenters. The first-order chi connectivity index (χ1) is 9.60. The van der Waals surface area contributed by atoms with Crippen LogP contribution in [0.3, 0.4) is 0 Å². The molecule has 0 bridgehead atoms. The van der Waals surface area contributed by atoms with Crippen molar-refractivity contribution in [3.8, 4) is 0 Å². The number of nitrogens with one attached hydrogen (secondary N) is 1. The van der Waals surface area contributed by atoms with E-state index in [9.17, 15) is 13.2 Å². The molecule has 0 spiro atoms. The first kappa shape index (κ1) is 15.5. The first-order valence-electron chi connectivity index (χ1n) is 6.91. The van der Waals surface area contributed by atoms with Crippen molar-refractivity contribution in [2.75, 3.05) is 19.6 Å². The number of rotatable bonds is 2. The molecule has 2 heterocycles. The van der Waals surface area contributed by atoms with Gasteiger partial charge in [0, 0.05) is 26.1 Å². The Morgan fingerprint density at radius 2 is 1.95 bits per heavy atom. The van der Waals surface area contributed by atoms with Gasteiger partial charge in [-0.3, -0.25) is 4.79 Å². The van der Waals surface area contributed by atoms with E-state index in [1.165, 1.54) is 15.6 Å². The highest BCUT2D eigenvalue weighted by Gasteiger charge is 2.25. The van der Waals surface area contributed by atoms with Crippen molar-refractivity contribution in [2.24, 2.45) is 0 Å². The summed E-state index contributed by atoms with van der Waals surface area (Å²) in [5.74, 6) is -0.0710. The van der Waals surface area contributed by atoms with Crippen LogP contribution in [0.2, 0.25) is 0 Å². The van der Waals surface area contributed by atoms with E-state index in [4.69, 9.17) is 0 Å². The van der Waals surface area contributed by atoms with Gasteiger partial charge in [0.15, 0.2) is 0 Å². The highest BCUT2D eigenvalue weighted by Crippen LogP contribution is 2.22. The lowest BCUT2D eigenvalue weighted by Gasteiger charge is -2.20. The zero-order chi connectivity index (χ0) is 14.4. The van der Waals surface area contributed by atoms with Gasteiger partial charge in [-0.25, -0.2) is 8.42 Å². The van der Waals surface area contributed by atoms with Crippen LogP contribution in [0.15, 0.2) is 21.7 Å². The zero-order valence-electron chi connectivity index (χ0n) is 11.4. The molecule has 1 saturated heterocycles. The second-order valence-corrected chi connectivity index (χ2v) is 7.96. The lowest BCUT2D eigenvalue weighted by molar-refractivity contribution is -0.121. The van der Waals surface area contributed by atoms with E-state index in [0.717, 1.165) is 25.7 Å². The van der Waals surface area contributed by atoms with Crippen molar-refractivity contribution >= 4 is 27.3 Å². The summed E-state index contributed by atoms with van der Waals surface area (Å²) in [7, 11) is -3.45. The Morgan fingerprint density at radius 3 is 2.70 bits per heavy atom. The Labute approximate surface area is 124 Å². The molecule has 7 heteroatoms.